The average Bonchev–Trinajstić information content (AvgIpc) is 2.86. The smallest absolute Gasteiger partial charge is 0.229 e. The molecule has 0 bridgehead atoms. The summed E-state index contributed by atoms with van der Waals surface area (Å²) in [6.45, 7) is 3.65. The van der Waals surface area contributed by atoms with Crippen LogP contribution in [0.4, 0.5) is 0 Å². The van der Waals surface area contributed by atoms with Gasteiger partial charge >= 0.3 is 0 Å². The van der Waals surface area contributed by atoms with Crippen molar-refractivity contribution >= 4 is 29.7 Å². The first-order valence-corrected chi connectivity index (χ1v) is 12.4. The molecular formula is C14H21NO6S3. The van der Waals surface area contributed by atoms with Crippen molar-refractivity contribution in [3.63, 3.8) is 0 Å². The van der Waals surface area contributed by atoms with Crippen LogP contribution in [0, 0.1) is 6.92 Å². The van der Waals surface area contributed by atoms with Gasteiger partial charge in [0.15, 0.2) is 19.7 Å². The summed E-state index contributed by atoms with van der Waals surface area (Å²) < 4.78 is 75.4. The lowest BCUT2D eigenvalue weighted by Gasteiger charge is -2.13. The number of sulfonamides is 1. The fourth-order valence-electron chi connectivity index (χ4n) is 2.56. The van der Waals surface area contributed by atoms with Crippen LogP contribution in [-0.2, 0) is 29.7 Å². The zero-order valence-corrected chi connectivity index (χ0v) is 16.0. The monoisotopic (exact) mass is 395 g/mol. The van der Waals surface area contributed by atoms with Crippen LogP contribution < -0.4 is 4.72 Å². The van der Waals surface area contributed by atoms with E-state index in [4.69, 9.17) is 0 Å². The van der Waals surface area contributed by atoms with Crippen molar-refractivity contribution in [3.05, 3.63) is 23.8 Å². The number of hydrogen-bond donors (Lipinski definition) is 1. The Morgan fingerprint density at radius 1 is 1.21 bits per heavy atom. The molecular weight excluding hydrogens is 374 g/mol. The Bertz CT molecular complexity index is 933. The molecule has 1 aromatic carbocycles. The Labute approximate surface area is 143 Å². The van der Waals surface area contributed by atoms with Crippen LogP contribution in [0.25, 0.3) is 0 Å². The third-order valence-electron chi connectivity index (χ3n) is 3.95. The third kappa shape index (κ3) is 3.98. The van der Waals surface area contributed by atoms with Crippen molar-refractivity contribution in [2.24, 2.45) is 0 Å². The van der Waals surface area contributed by atoms with Gasteiger partial charge in [-0.2, -0.15) is 0 Å². The van der Waals surface area contributed by atoms with Gasteiger partial charge in [-0.25, -0.2) is 30.0 Å². The molecule has 1 aliphatic heterocycles. The molecule has 1 N–H and O–H groups in total. The van der Waals surface area contributed by atoms with Crippen molar-refractivity contribution in [2.45, 2.75) is 41.7 Å². The van der Waals surface area contributed by atoms with Gasteiger partial charge in [0.25, 0.3) is 0 Å². The van der Waals surface area contributed by atoms with E-state index in [0.29, 0.717) is 12.0 Å². The first-order valence-electron chi connectivity index (χ1n) is 7.54. The first kappa shape index (κ1) is 19.4. The number of aryl methyl sites for hydroxylation is 1. The van der Waals surface area contributed by atoms with E-state index < -0.39 is 40.7 Å². The molecule has 7 nitrogen and oxygen atoms in total. The number of nitrogens with one attached hydrogen (secondary N) is 1. The molecule has 0 aromatic heterocycles. The molecule has 1 aliphatic rings. The van der Waals surface area contributed by atoms with E-state index in [9.17, 15) is 25.3 Å². The Morgan fingerprint density at radius 2 is 1.88 bits per heavy atom. The third-order valence-corrected chi connectivity index (χ3v) is 9.72. The minimum Gasteiger partial charge on any atom is -0.229 e. The maximum atomic E-state index is 12.6. The van der Waals surface area contributed by atoms with Gasteiger partial charge in [0.2, 0.25) is 10.0 Å². The summed E-state index contributed by atoms with van der Waals surface area (Å²) in [5, 5.41) is -1.02. The molecule has 0 radical (unpaired) electrons. The Balaban J connectivity index is 2.45. The van der Waals surface area contributed by atoms with E-state index in [1.807, 2.05) is 6.92 Å². The minimum atomic E-state index is -3.90. The topological polar surface area (TPSA) is 114 Å². The van der Waals surface area contributed by atoms with E-state index in [1.165, 1.54) is 12.1 Å². The highest BCUT2D eigenvalue weighted by molar-refractivity contribution is 7.96. The summed E-state index contributed by atoms with van der Waals surface area (Å²) in [6.07, 6.45) is 0.644. The lowest BCUT2D eigenvalue weighted by Crippen LogP contribution is -2.26. The molecule has 1 heterocycles. The highest BCUT2D eigenvalue weighted by Crippen LogP contribution is 2.28. The molecule has 24 heavy (non-hydrogen) atoms. The van der Waals surface area contributed by atoms with Crippen LogP contribution in [0.3, 0.4) is 0 Å². The Morgan fingerprint density at radius 3 is 2.42 bits per heavy atom. The molecule has 0 saturated carbocycles. The number of benzene rings is 1. The molecule has 10 heteroatoms. The van der Waals surface area contributed by atoms with Gasteiger partial charge in [-0.1, -0.05) is 13.0 Å². The zero-order valence-electron chi connectivity index (χ0n) is 13.5. The van der Waals surface area contributed by atoms with Crippen LogP contribution >= 0.6 is 0 Å². The fraction of sp³-hybridized carbons (Fsp3) is 0.571. The lowest BCUT2D eigenvalue weighted by molar-refractivity contribution is 0.578. The summed E-state index contributed by atoms with van der Waals surface area (Å²) >= 11 is 0. The van der Waals surface area contributed by atoms with Crippen LogP contribution in [-0.4, -0.2) is 48.6 Å². The molecule has 1 saturated heterocycles. The van der Waals surface area contributed by atoms with Gasteiger partial charge in [-0.05, 0) is 37.5 Å². The van der Waals surface area contributed by atoms with E-state index in [2.05, 4.69) is 4.72 Å². The lowest BCUT2D eigenvalue weighted by atomic mass is 10.2. The quantitative estimate of drug-likeness (QED) is 0.756. The van der Waals surface area contributed by atoms with Gasteiger partial charge in [0, 0.05) is 6.54 Å². The average molecular weight is 396 g/mol. The number of sulfone groups is 2. The number of hydrogen-bond acceptors (Lipinski definition) is 6. The Hall–Kier alpha value is -0.970. The van der Waals surface area contributed by atoms with Crippen molar-refractivity contribution < 1.29 is 25.3 Å². The summed E-state index contributed by atoms with van der Waals surface area (Å²) in [5.41, 5.74) is 0.427. The molecule has 1 fully saturated rings. The van der Waals surface area contributed by atoms with E-state index >= 15 is 0 Å². The van der Waals surface area contributed by atoms with E-state index in [1.54, 1.807) is 6.92 Å². The SMILES string of the molecule is CCCNS(=O)(=O)c1cc(S(=O)(=O)C2CCS(=O)(=O)C2)ccc1C. The highest BCUT2D eigenvalue weighted by Gasteiger charge is 2.38. The molecule has 1 atom stereocenters. The van der Waals surface area contributed by atoms with Crippen molar-refractivity contribution in [1.29, 1.82) is 0 Å². The van der Waals surface area contributed by atoms with E-state index in [0.717, 1.165) is 6.07 Å². The molecule has 1 unspecified atom stereocenters. The largest absolute Gasteiger partial charge is 0.240 e. The predicted molar refractivity (Wildman–Crippen MR) is 90.9 cm³/mol. The maximum Gasteiger partial charge on any atom is 0.240 e. The predicted octanol–water partition coefficient (Wildman–Crippen LogP) is 0.644. The normalized spacial score (nSPS) is 21.0. The van der Waals surface area contributed by atoms with Gasteiger partial charge in [0.05, 0.1) is 26.5 Å². The van der Waals surface area contributed by atoms with Crippen LogP contribution in [0.5, 0.6) is 0 Å². The number of rotatable bonds is 6. The molecule has 2 rings (SSSR count). The van der Waals surface area contributed by atoms with Gasteiger partial charge in [-0.15, -0.1) is 0 Å². The maximum absolute atomic E-state index is 12.6. The van der Waals surface area contributed by atoms with Gasteiger partial charge in [-0.3, -0.25) is 0 Å². The molecule has 0 amide bonds. The molecule has 0 aliphatic carbocycles. The minimum absolute atomic E-state index is 0.0364. The fourth-order valence-corrected chi connectivity index (χ4v) is 8.42. The van der Waals surface area contributed by atoms with Crippen LogP contribution in [0.1, 0.15) is 25.3 Å². The second kappa shape index (κ2) is 6.74. The first-order chi connectivity index (χ1) is 11.0. The second-order valence-electron chi connectivity index (χ2n) is 5.90. The Kier molecular flexibility index (Phi) is 5.43. The summed E-state index contributed by atoms with van der Waals surface area (Å²) in [7, 11) is -11.1. The summed E-state index contributed by atoms with van der Waals surface area (Å²) in [4.78, 5) is -0.259. The van der Waals surface area contributed by atoms with Crippen molar-refractivity contribution in [1.82, 2.24) is 4.72 Å². The van der Waals surface area contributed by atoms with Gasteiger partial charge < -0.3 is 0 Å². The van der Waals surface area contributed by atoms with Gasteiger partial charge in [0.1, 0.15) is 0 Å². The molecule has 0 spiro atoms. The standard InChI is InChI=1S/C14H21NO6S3/c1-3-7-15-24(20,21)14-9-12(5-4-11(14)2)23(18,19)13-6-8-22(16,17)10-13/h4-5,9,13,15H,3,6-8,10H2,1-2H3. The molecule has 136 valence electrons. The van der Waals surface area contributed by atoms with Crippen LogP contribution in [0.15, 0.2) is 28.0 Å². The second-order valence-corrected chi connectivity index (χ2v) is 12.1. The van der Waals surface area contributed by atoms with Crippen molar-refractivity contribution in [2.75, 3.05) is 18.1 Å². The van der Waals surface area contributed by atoms with Crippen molar-refractivity contribution in [3.8, 4) is 0 Å². The van der Waals surface area contributed by atoms with E-state index in [-0.39, 0.29) is 28.5 Å². The summed E-state index contributed by atoms with van der Waals surface area (Å²) in [5.74, 6) is -0.578. The summed E-state index contributed by atoms with van der Waals surface area (Å²) in [6, 6.07) is 3.87. The highest BCUT2D eigenvalue weighted by atomic mass is 32.2. The van der Waals surface area contributed by atoms with Crippen LogP contribution in [0.2, 0.25) is 0 Å². The molecule has 1 aromatic rings. The zero-order chi connectivity index (χ0) is 18.2.